The molecule has 100 valence electrons. The van der Waals surface area contributed by atoms with Gasteiger partial charge in [-0.25, -0.2) is 0 Å². The lowest BCUT2D eigenvalue weighted by atomic mass is 10.0. The summed E-state index contributed by atoms with van der Waals surface area (Å²) in [5.41, 5.74) is 0.956. The Hall–Kier alpha value is -1.71. The van der Waals surface area contributed by atoms with Gasteiger partial charge in [0.2, 0.25) is 0 Å². The number of carbonyl (C=O) groups is 1. The molecule has 0 fully saturated rings. The summed E-state index contributed by atoms with van der Waals surface area (Å²) in [6.45, 7) is 1.87. The van der Waals surface area contributed by atoms with Crippen molar-refractivity contribution in [1.29, 1.82) is 0 Å². The van der Waals surface area contributed by atoms with Crippen LogP contribution in [0.5, 0.6) is 17.2 Å². The van der Waals surface area contributed by atoms with Crippen molar-refractivity contribution in [2.24, 2.45) is 0 Å². The van der Waals surface area contributed by atoms with E-state index in [9.17, 15) is 4.79 Å². The molecular formula is C14H20O4. The summed E-state index contributed by atoms with van der Waals surface area (Å²) in [5, 5.41) is 0. The first-order valence-electron chi connectivity index (χ1n) is 5.96. The first-order valence-corrected chi connectivity index (χ1v) is 5.96. The van der Waals surface area contributed by atoms with E-state index in [2.05, 4.69) is 0 Å². The van der Waals surface area contributed by atoms with Crippen molar-refractivity contribution in [3.05, 3.63) is 17.7 Å². The lowest BCUT2D eigenvalue weighted by Gasteiger charge is -2.13. The van der Waals surface area contributed by atoms with Crippen LogP contribution >= 0.6 is 0 Å². The molecule has 0 bridgehead atoms. The van der Waals surface area contributed by atoms with Gasteiger partial charge in [-0.3, -0.25) is 4.79 Å². The summed E-state index contributed by atoms with van der Waals surface area (Å²) in [4.78, 5) is 11.4. The maximum absolute atomic E-state index is 11.4. The third-order valence-electron chi connectivity index (χ3n) is 2.85. The molecule has 0 unspecified atom stereocenters. The van der Waals surface area contributed by atoms with Crippen LogP contribution in [0, 0.1) is 0 Å². The summed E-state index contributed by atoms with van der Waals surface area (Å²) in [7, 11) is 4.77. The van der Waals surface area contributed by atoms with Crippen LogP contribution in [-0.4, -0.2) is 27.1 Å². The van der Waals surface area contributed by atoms with E-state index >= 15 is 0 Å². The normalized spacial score (nSPS) is 10.0. The lowest BCUT2D eigenvalue weighted by molar-refractivity contribution is -0.118. The smallest absolute Gasteiger partial charge is 0.164 e. The fourth-order valence-corrected chi connectivity index (χ4v) is 1.74. The van der Waals surface area contributed by atoms with Gasteiger partial charge in [-0.2, -0.15) is 0 Å². The van der Waals surface area contributed by atoms with Crippen molar-refractivity contribution < 1.29 is 19.0 Å². The summed E-state index contributed by atoms with van der Waals surface area (Å²) >= 11 is 0. The van der Waals surface area contributed by atoms with Gasteiger partial charge in [0.15, 0.2) is 11.5 Å². The topological polar surface area (TPSA) is 44.8 Å². The van der Waals surface area contributed by atoms with E-state index in [1.54, 1.807) is 27.4 Å². The van der Waals surface area contributed by atoms with Crippen LogP contribution < -0.4 is 14.2 Å². The summed E-state index contributed by atoms with van der Waals surface area (Å²) in [6.07, 6.45) is 1.73. The van der Waals surface area contributed by atoms with Gasteiger partial charge in [0.25, 0.3) is 0 Å². The zero-order valence-electron chi connectivity index (χ0n) is 11.4. The molecule has 0 aliphatic carbocycles. The van der Waals surface area contributed by atoms with Crippen molar-refractivity contribution in [2.45, 2.75) is 26.2 Å². The molecule has 1 rings (SSSR count). The predicted octanol–water partition coefficient (Wildman–Crippen LogP) is 2.62. The molecule has 0 aromatic heterocycles. The molecule has 0 aliphatic heterocycles. The molecule has 0 radical (unpaired) electrons. The monoisotopic (exact) mass is 252 g/mol. The van der Waals surface area contributed by atoms with E-state index < -0.39 is 0 Å². The number of hydrogen-bond acceptors (Lipinski definition) is 4. The van der Waals surface area contributed by atoms with Crippen LogP contribution in [0.15, 0.2) is 12.1 Å². The number of benzene rings is 1. The fraction of sp³-hybridized carbons (Fsp3) is 0.500. The number of carbonyl (C=O) groups excluding carboxylic acids is 1. The molecule has 0 N–H and O–H groups in total. The number of Topliss-reactive ketones (excluding diaryl/α,β-unsaturated/α-hetero) is 1. The minimum absolute atomic E-state index is 0.242. The number of hydrogen-bond donors (Lipinski definition) is 0. The van der Waals surface area contributed by atoms with Gasteiger partial charge in [0.05, 0.1) is 21.3 Å². The largest absolute Gasteiger partial charge is 0.496 e. The number of ether oxygens (including phenoxy) is 3. The molecule has 0 atom stereocenters. The van der Waals surface area contributed by atoms with Gasteiger partial charge in [0.1, 0.15) is 11.5 Å². The standard InChI is InChI=1S/C14H20O4/c1-5-11(15)7-6-10-8-13(17-3)14(18-4)9-12(10)16-2/h8-9H,5-7H2,1-4H3. The van der Waals surface area contributed by atoms with Gasteiger partial charge in [-0.05, 0) is 18.1 Å². The van der Waals surface area contributed by atoms with E-state index in [1.165, 1.54) is 0 Å². The van der Waals surface area contributed by atoms with Gasteiger partial charge in [-0.1, -0.05) is 6.92 Å². The molecule has 4 nitrogen and oxygen atoms in total. The first kappa shape index (κ1) is 14.4. The molecule has 0 spiro atoms. The van der Waals surface area contributed by atoms with Crippen molar-refractivity contribution in [2.75, 3.05) is 21.3 Å². The zero-order valence-corrected chi connectivity index (χ0v) is 11.4. The number of ketones is 1. The highest BCUT2D eigenvalue weighted by molar-refractivity contribution is 5.78. The minimum Gasteiger partial charge on any atom is -0.496 e. The second kappa shape index (κ2) is 6.89. The maximum atomic E-state index is 11.4. The molecule has 0 saturated heterocycles. The van der Waals surface area contributed by atoms with E-state index in [-0.39, 0.29) is 5.78 Å². The van der Waals surface area contributed by atoms with Crippen molar-refractivity contribution in [1.82, 2.24) is 0 Å². The Morgan fingerprint density at radius 1 is 1.00 bits per heavy atom. The first-order chi connectivity index (χ1) is 8.65. The second-order valence-electron chi connectivity index (χ2n) is 3.91. The zero-order chi connectivity index (χ0) is 13.5. The van der Waals surface area contributed by atoms with Crippen LogP contribution in [0.1, 0.15) is 25.3 Å². The van der Waals surface area contributed by atoms with Crippen molar-refractivity contribution in [3.63, 3.8) is 0 Å². The molecular weight excluding hydrogens is 232 g/mol. The lowest BCUT2D eigenvalue weighted by Crippen LogP contribution is -2.01. The Balaban J connectivity index is 2.98. The number of rotatable bonds is 7. The SMILES string of the molecule is CCC(=O)CCc1cc(OC)c(OC)cc1OC. The Bertz CT molecular complexity index is 413. The van der Waals surface area contributed by atoms with E-state index in [1.807, 2.05) is 13.0 Å². The molecule has 0 heterocycles. The van der Waals surface area contributed by atoms with Gasteiger partial charge in [0, 0.05) is 18.9 Å². The van der Waals surface area contributed by atoms with Crippen LogP contribution in [0.4, 0.5) is 0 Å². The van der Waals surface area contributed by atoms with Crippen LogP contribution in [0.25, 0.3) is 0 Å². The van der Waals surface area contributed by atoms with Gasteiger partial charge in [-0.15, -0.1) is 0 Å². The Kier molecular flexibility index (Phi) is 5.49. The van der Waals surface area contributed by atoms with E-state index in [0.29, 0.717) is 30.8 Å². The fourth-order valence-electron chi connectivity index (χ4n) is 1.74. The molecule has 0 aliphatic rings. The molecule has 1 aromatic carbocycles. The maximum Gasteiger partial charge on any atom is 0.164 e. The van der Waals surface area contributed by atoms with E-state index in [0.717, 1.165) is 11.3 Å². The Labute approximate surface area is 108 Å². The van der Waals surface area contributed by atoms with Gasteiger partial charge >= 0.3 is 0 Å². The average molecular weight is 252 g/mol. The van der Waals surface area contributed by atoms with E-state index in [4.69, 9.17) is 14.2 Å². The van der Waals surface area contributed by atoms with Crippen LogP contribution in [-0.2, 0) is 11.2 Å². The summed E-state index contributed by atoms with van der Waals surface area (Å²) in [5.74, 6) is 2.24. The predicted molar refractivity (Wildman–Crippen MR) is 69.7 cm³/mol. The molecule has 0 saturated carbocycles. The molecule has 18 heavy (non-hydrogen) atoms. The molecule has 1 aromatic rings. The Morgan fingerprint density at radius 3 is 2.06 bits per heavy atom. The highest BCUT2D eigenvalue weighted by atomic mass is 16.5. The number of aryl methyl sites for hydroxylation is 1. The highest BCUT2D eigenvalue weighted by Gasteiger charge is 2.12. The molecule has 4 heteroatoms. The Morgan fingerprint density at radius 2 is 1.56 bits per heavy atom. The van der Waals surface area contributed by atoms with Crippen molar-refractivity contribution >= 4 is 5.78 Å². The third-order valence-corrected chi connectivity index (χ3v) is 2.85. The van der Waals surface area contributed by atoms with Crippen molar-refractivity contribution in [3.8, 4) is 17.2 Å². The average Bonchev–Trinajstić information content (AvgIpc) is 2.43. The quantitative estimate of drug-likeness (QED) is 0.748. The van der Waals surface area contributed by atoms with Gasteiger partial charge < -0.3 is 14.2 Å². The minimum atomic E-state index is 0.242. The van der Waals surface area contributed by atoms with Crippen LogP contribution in [0.2, 0.25) is 0 Å². The summed E-state index contributed by atoms with van der Waals surface area (Å²) in [6, 6.07) is 3.64. The third kappa shape index (κ3) is 3.39. The summed E-state index contributed by atoms with van der Waals surface area (Å²) < 4.78 is 15.8. The van der Waals surface area contributed by atoms with Crippen LogP contribution in [0.3, 0.4) is 0 Å². The highest BCUT2D eigenvalue weighted by Crippen LogP contribution is 2.35. The number of methoxy groups -OCH3 is 3. The second-order valence-corrected chi connectivity index (χ2v) is 3.91. The molecule has 0 amide bonds.